The second-order valence-electron chi connectivity index (χ2n) is 7.53. The Labute approximate surface area is 158 Å². The van der Waals surface area contributed by atoms with E-state index in [4.69, 9.17) is 25.5 Å². The molecule has 9 heteroatoms. The number of aliphatic hydroxyl groups excluding tert-OH is 1. The zero-order chi connectivity index (χ0) is 18.9. The molecule has 3 saturated heterocycles. The molecular formula is C18H17ClN2O6. The average Bonchev–Trinajstić information content (AvgIpc) is 3.25. The van der Waals surface area contributed by atoms with Gasteiger partial charge < -0.3 is 29.6 Å². The number of hydrogen-bond acceptors (Lipinski definition) is 6. The van der Waals surface area contributed by atoms with E-state index >= 15 is 0 Å². The minimum atomic E-state index is -0.812. The van der Waals surface area contributed by atoms with Crippen LogP contribution in [0.3, 0.4) is 0 Å². The highest BCUT2D eigenvalue weighted by molar-refractivity contribution is 6.41. The van der Waals surface area contributed by atoms with Crippen LogP contribution in [-0.2, 0) is 19.1 Å². The van der Waals surface area contributed by atoms with Gasteiger partial charge in [0.25, 0.3) is 0 Å². The normalized spacial score (nSPS) is 30.0. The molecule has 1 aromatic carbocycles. The van der Waals surface area contributed by atoms with Gasteiger partial charge in [-0.15, -0.1) is 0 Å². The van der Waals surface area contributed by atoms with E-state index in [1.165, 1.54) is 6.26 Å². The van der Waals surface area contributed by atoms with E-state index in [1.807, 2.05) is 0 Å². The molecule has 3 aliphatic heterocycles. The third-order valence-electron chi connectivity index (χ3n) is 5.86. The van der Waals surface area contributed by atoms with Crippen molar-refractivity contribution in [1.82, 2.24) is 5.32 Å². The number of benzene rings is 1. The third-order valence-corrected chi connectivity index (χ3v) is 6.19. The summed E-state index contributed by atoms with van der Waals surface area (Å²) in [5.41, 5.74) is -1.25. The van der Waals surface area contributed by atoms with Gasteiger partial charge in [0, 0.05) is 18.2 Å². The van der Waals surface area contributed by atoms with Crippen molar-refractivity contribution in [3.63, 3.8) is 0 Å². The van der Waals surface area contributed by atoms with Crippen molar-refractivity contribution in [3.05, 3.63) is 29.5 Å². The van der Waals surface area contributed by atoms with Crippen molar-refractivity contribution in [1.29, 1.82) is 0 Å². The number of furan rings is 1. The molecule has 8 nitrogen and oxygen atoms in total. The summed E-state index contributed by atoms with van der Waals surface area (Å²) in [4.78, 5) is 25.0. The van der Waals surface area contributed by atoms with Crippen LogP contribution in [0.1, 0.15) is 12.8 Å². The van der Waals surface area contributed by atoms with Crippen LogP contribution in [-0.4, -0.2) is 53.5 Å². The summed E-state index contributed by atoms with van der Waals surface area (Å²) in [5, 5.41) is 16.1. The number of halogens is 1. The fourth-order valence-corrected chi connectivity index (χ4v) is 4.71. The summed E-state index contributed by atoms with van der Waals surface area (Å²) in [6, 6.07) is 4.89. The number of hydrogen-bond donors (Lipinski definition) is 3. The number of carbonyl (C=O) groups is 2. The van der Waals surface area contributed by atoms with E-state index in [1.54, 1.807) is 18.2 Å². The fourth-order valence-electron chi connectivity index (χ4n) is 4.50. The third kappa shape index (κ3) is 2.21. The zero-order valence-electron chi connectivity index (χ0n) is 14.2. The maximum absolute atomic E-state index is 12.6. The summed E-state index contributed by atoms with van der Waals surface area (Å²) < 4.78 is 16.6. The van der Waals surface area contributed by atoms with Crippen LogP contribution >= 0.6 is 11.6 Å². The molecule has 6 rings (SSSR count). The minimum absolute atomic E-state index is 0.125. The molecule has 1 spiro atoms. The van der Waals surface area contributed by atoms with Crippen molar-refractivity contribution in [3.8, 4) is 0 Å². The first kappa shape index (κ1) is 17.0. The quantitative estimate of drug-likeness (QED) is 0.677. The molecule has 1 saturated carbocycles. The van der Waals surface area contributed by atoms with Crippen molar-refractivity contribution in [2.75, 3.05) is 25.1 Å². The molecule has 0 atom stereocenters. The van der Waals surface area contributed by atoms with Gasteiger partial charge in [0.2, 0.25) is 0 Å². The molecule has 142 valence electrons. The van der Waals surface area contributed by atoms with Gasteiger partial charge in [0.15, 0.2) is 5.58 Å². The topological polar surface area (TPSA) is 110 Å². The number of aliphatic hydroxyl groups is 1. The lowest BCUT2D eigenvalue weighted by Gasteiger charge is -2.50. The molecule has 3 N–H and O–H groups in total. The molecule has 2 bridgehead atoms. The number of carbonyl (C=O) groups excluding carboxylic acids is 2. The van der Waals surface area contributed by atoms with Gasteiger partial charge in [-0.3, -0.25) is 9.59 Å². The highest BCUT2D eigenvalue weighted by Gasteiger charge is 2.78. The van der Waals surface area contributed by atoms with Gasteiger partial charge in [-0.25, -0.2) is 0 Å². The van der Waals surface area contributed by atoms with E-state index in [0.29, 0.717) is 47.7 Å². The lowest BCUT2D eigenvalue weighted by atomic mass is 9.61. The van der Waals surface area contributed by atoms with Gasteiger partial charge in [-0.05, 0) is 18.2 Å². The number of nitrogens with one attached hydrogen (secondary N) is 2. The van der Waals surface area contributed by atoms with Gasteiger partial charge in [0.05, 0.1) is 47.9 Å². The molecule has 27 heavy (non-hydrogen) atoms. The van der Waals surface area contributed by atoms with Crippen LogP contribution in [0.25, 0.3) is 11.0 Å². The first-order chi connectivity index (χ1) is 12.9. The number of anilines is 1. The van der Waals surface area contributed by atoms with E-state index in [9.17, 15) is 14.7 Å². The van der Waals surface area contributed by atoms with Crippen molar-refractivity contribution < 1.29 is 28.6 Å². The van der Waals surface area contributed by atoms with Gasteiger partial charge in [-0.2, -0.15) is 0 Å². The SMILES string of the molecule is O=C(Nc1ccc(Cl)c2ccoc12)C(=O)NC12CC(CO)(C1)OC21COC1. The Kier molecular flexibility index (Phi) is 3.43. The molecule has 2 amide bonds. The number of fused-ring (bicyclic) bond motifs is 1. The van der Waals surface area contributed by atoms with E-state index < -0.39 is 28.6 Å². The molecule has 4 heterocycles. The molecule has 2 aromatic rings. The van der Waals surface area contributed by atoms with Crippen LogP contribution in [0.5, 0.6) is 0 Å². The predicted molar refractivity (Wildman–Crippen MR) is 94.4 cm³/mol. The Morgan fingerprint density at radius 1 is 1.19 bits per heavy atom. The molecular weight excluding hydrogens is 376 g/mol. The Morgan fingerprint density at radius 3 is 2.63 bits per heavy atom. The van der Waals surface area contributed by atoms with E-state index in [2.05, 4.69) is 10.6 Å². The summed E-state index contributed by atoms with van der Waals surface area (Å²) >= 11 is 6.09. The average molecular weight is 393 g/mol. The summed E-state index contributed by atoms with van der Waals surface area (Å²) in [6.07, 6.45) is 2.38. The first-order valence-corrected chi connectivity index (χ1v) is 8.97. The maximum atomic E-state index is 12.6. The second kappa shape index (κ2) is 5.45. The second-order valence-corrected chi connectivity index (χ2v) is 7.94. The predicted octanol–water partition coefficient (Wildman–Crippen LogP) is 1.20. The highest BCUT2D eigenvalue weighted by Crippen LogP contribution is 2.62. The Balaban J connectivity index is 1.34. The first-order valence-electron chi connectivity index (χ1n) is 8.60. The lowest BCUT2D eigenvalue weighted by Crippen LogP contribution is -2.72. The number of ether oxygens (including phenoxy) is 2. The summed E-state index contributed by atoms with van der Waals surface area (Å²) in [7, 11) is 0. The van der Waals surface area contributed by atoms with Crippen molar-refractivity contribution in [2.24, 2.45) is 0 Å². The monoisotopic (exact) mass is 392 g/mol. The van der Waals surface area contributed by atoms with Crippen LogP contribution in [0.4, 0.5) is 5.69 Å². The Hall–Kier alpha value is -2.13. The van der Waals surface area contributed by atoms with Crippen LogP contribution in [0.2, 0.25) is 5.02 Å². The largest absolute Gasteiger partial charge is 0.462 e. The molecule has 1 aromatic heterocycles. The number of rotatable bonds is 3. The van der Waals surface area contributed by atoms with Crippen LogP contribution in [0.15, 0.2) is 28.9 Å². The zero-order valence-corrected chi connectivity index (χ0v) is 15.0. The molecule has 0 unspecified atom stereocenters. The highest BCUT2D eigenvalue weighted by atomic mass is 35.5. The Morgan fingerprint density at radius 2 is 1.96 bits per heavy atom. The number of amides is 2. The minimum Gasteiger partial charge on any atom is -0.462 e. The van der Waals surface area contributed by atoms with Crippen molar-refractivity contribution >= 4 is 40.1 Å². The molecule has 4 aliphatic rings. The van der Waals surface area contributed by atoms with Crippen molar-refractivity contribution in [2.45, 2.75) is 29.6 Å². The standard InChI is InChI=1S/C18H17ClN2O6/c19-11-1-2-12(13-10(11)3-4-26-13)20-14(23)15(24)21-17-5-16(6-17,7-22)27-18(17)8-25-9-18/h1-4,22H,5-9H2,(H,20,23)(H,21,24). The van der Waals surface area contributed by atoms with E-state index in [0.717, 1.165) is 0 Å². The lowest BCUT2D eigenvalue weighted by molar-refractivity contribution is -0.212. The Bertz CT molecular complexity index is 960. The van der Waals surface area contributed by atoms with Crippen LogP contribution in [0, 0.1) is 0 Å². The summed E-state index contributed by atoms with van der Waals surface area (Å²) in [5.74, 6) is -1.58. The van der Waals surface area contributed by atoms with Crippen LogP contribution < -0.4 is 10.6 Å². The van der Waals surface area contributed by atoms with Gasteiger partial charge >= 0.3 is 11.8 Å². The molecule has 1 aliphatic carbocycles. The fraction of sp³-hybridized carbons (Fsp3) is 0.444. The van der Waals surface area contributed by atoms with Gasteiger partial charge in [-0.1, -0.05) is 11.6 Å². The van der Waals surface area contributed by atoms with E-state index in [-0.39, 0.29) is 6.61 Å². The van der Waals surface area contributed by atoms with Gasteiger partial charge in [0.1, 0.15) is 5.60 Å². The molecule has 0 radical (unpaired) electrons. The smallest absolute Gasteiger partial charge is 0.313 e. The molecule has 4 fully saturated rings. The maximum Gasteiger partial charge on any atom is 0.313 e. The summed E-state index contributed by atoms with van der Waals surface area (Å²) in [6.45, 7) is 0.543.